The molecule has 0 bridgehead atoms. The number of halogens is 3. The highest BCUT2D eigenvalue weighted by Crippen LogP contribution is 2.45. The van der Waals surface area contributed by atoms with Crippen LogP contribution in [0.15, 0.2) is 24.3 Å². The summed E-state index contributed by atoms with van der Waals surface area (Å²) in [6.07, 6.45) is -5.11. The van der Waals surface area contributed by atoms with Crippen LogP contribution >= 0.6 is 0 Å². The summed E-state index contributed by atoms with van der Waals surface area (Å²) in [7, 11) is 0. The summed E-state index contributed by atoms with van der Waals surface area (Å²) in [5, 5.41) is 8.98. The van der Waals surface area contributed by atoms with E-state index in [0.29, 0.717) is 6.54 Å². The minimum absolute atomic E-state index is 0.139. The molecule has 1 aromatic rings. The number of hydrogen-bond donors (Lipinski definition) is 1. The van der Waals surface area contributed by atoms with Crippen LogP contribution < -0.4 is 0 Å². The summed E-state index contributed by atoms with van der Waals surface area (Å²) >= 11 is 0. The van der Waals surface area contributed by atoms with Gasteiger partial charge in [0, 0.05) is 19.6 Å². The molecule has 0 spiro atoms. The molecule has 2 rings (SSSR count). The van der Waals surface area contributed by atoms with Gasteiger partial charge >= 0.3 is 12.1 Å². The zero-order valence-electron chi connectivity index (χ0n) is 11.1. The fraction of sp³-hybridized carbons (Fsp3) is 0.500. The van der Waals surface area contributed by atoms with Crippen molar-refractivity contribution in [1.82, 2.24) is 4.90 Å². The summed E-state index contributed by atoms with van der Waals surface area (Å²) < 4.78 is 39.1. The number of carbonyl (C=O) groups is 1. The topological polar surface area (TPSA) is 40.5 Å². The molecule has 20 heavy (non-hydrogen) atoms. The maximum absolute atomic E-state index is 13.0. The van der Waals surface area contributed by atoms with E-state index in [1.54, 1.807) is 4.90 Å². The van der Waals surface area contributed by atoms with Gasteiger partial charge in [0.2, 0.25) is 0 Å². The second-order valence-corrected chi connectivity index (χ2v) is 5.33. The molecule has 6 heteroatoms. The zero-order chi connectivity index (χ0) is 15.0. The van der Waals surface area contributed by atoms with E-state index >= 15 is 0 Å². The molecule has 1 aromatic carbocycles. The number of hydrogen-bond acceptors (Lipinski definition) is 2. The maximum atomic E-state index is 13.0. The van der Waals surface area contributed by atoms with Crippen LogP contribution in [-0.2, 0) is 11.3 Å². The number of likely N-dealkylation sites (tertiary alicyclic amines) is 1. The van der Waals surface area contributed by atoms with Gasteiger partial charge in [-0.15, -0.1) is 0 Å². The highest BCUT2D eigenvalue weighted by atomic mass is 19.4. The largest absolute Gasteiger partial charge is 0.481 e. The van der Waals surface area contributed by atoms with Gasteiger partial charge in [-0.1, -0.05) is 29.8 Å². The van der Waals surface area contributed by atoms with Crippen LogP contribution in [0.4, 0.5) is 13.2 Å². The highest BCUT2D eigenvalue weighted by Gasteiger charge is 2.63. The fourth-order valence-corrected chi connectivity index (χ4v) is 2.62. The molecule has 0 amide bonds. The second-order valence-electron chi connectivity index (χ2n) is 5.33. The molecule has 1 heterocycles. The Balaban J connectivity index is 2.13. The van der Waals surface area contributed by atoms with Crippen LogP contribution in [-0.4, -0.2) is 35.2 Å². The smallest absolute Gasteiger partial charge is 0.406 e. The van der Waals surface area contributed by atoms with Crippen LogP contribution in [0.1, 0.15) is 17.5 Å². The Hall–Kier alpha value is -1.56. The molecule has 0 aliphatic carbocycles. The third kappa shape index (κ3) is 2.65. The van der Waals surface area contributed by atoms with E-state index < -0.39 is 30.5 Å². The summed E-state index contributed by atoms with van der Waals surface area (Å²) in [6, 6.07) is 7.48. The SMILES string of the molecule is Cc1cccc(CN2CCC(C(=O)O)(C(F)(F)F)C2)c1. The molecule has 1 N–H and O–H groups in total. The lowest BCUT2D eigenvalue weighted by Crippen LogP contribution is -2.47. The van der Waals surface area contributed by atoms with E-state index in [2.05, 4.69) is 0 Å². The lowest BCUT2D eigenvalue weighted by Gasteiger charge is -2.27. The molecule has 3 nitrogen and oxygen atoms in total. The Morgan fingerprint density at radius 1 is 1.45 bits per heavy atom. The first kappa shape index (κ1) is 14.8. The molecule has 0 saturated carbocycles. The van der Waals surface area contributed by atoms with Gasteiger partial charge in [-0.25, -0.2) is 0 Å². The molecule has 0 aromatic heterocycles. The predicted molar refractivity (Wildman–Crippen MR) is 67.2 cm³/mol. The van der Waals surface area contributed by atoms with Crippen LogP contribution in [0, 0.1) is 12.3 Å². The Bertz CT molecular complexity index is 515. The Labute approximate surface area is 115 Å². The summed E-state index contributed by atoms with van der Waals surface area (Å²) in [5.74, 6) is -1.78. The molecule has 110 valence electrons. The first-order valence-corrected chi connectivity index (χ1v) is 6.33. The quantitative estimate of drug-likeness (QED) is 0.929. The maximum Gasteiger partial charge on any atom is 0.406 e. The molecular weight excluding hydrogens is 271 g/mol. The molecular formula is C14H16F3NO2. The fourth-order valence-electron chi connectivity index (χ4n) is 2.62. The number of carboxylic acid groups (broad SMARTS) is 1. The predicted octanol–water partition coefficient (Wildman–Crippen LogP) is 2.83. The van der Waals surface area contributed by atoms with E-state index in [1.165, 1.54) is 0 Å². The molecule has 1 unspecified atom stereocenters. The van der Waals surface area contributed by atoms with E-state index in [9.17, 15) is 18.0 Å². The Kier molecular flexibility index (Phi) is 3.77. The lowest BCUT2D eigenvalue weighted by atomic mass is 9.86. The number of alkyl halides is 3. The van der Waals surface area contributed by atoms with E-state index in [-0.39, 0.29) is 6.54 Å². The zero-order valence-corrected chi connectivity index (χ0v) is 11.1. The summed E-state index contributed by atoms with van der Waals surface area (Å²) in [4.78, 5) is 12.6. The van der Waals surface area contributed by atoms with Gasteiger partial charge in [0.1, 0.15) is 0 Å². The van der Waals surface area contributed by atoms with Crippen molar-refractivity contribution in [3.63, 3.8) is 0 Å². The van der Waals surface area contributed by atoms with Crippen LogP contribution in [0.25, 0.3) is 0 Å². The lowest BCUT2D eigenvalue weighted by molar-refractivity contribution is -0.227. The van der Waals surface area contributed by atoms with Crippen molar-refractivity contribution in [2.75, 3.05) is 13.1 Å². The van der Waals surface area contributed by atoms with Crippen molar-refractivity contribution >= 4 is 5.97 Å². The number of aryl methyl sites for hydroxylation is 1. The van der Waals surface area contributed by atoms with Crippen molar-refractivity contribution in [2.24, 2.45) is 5.41 Å². The average molecular weight is 287 g/mol. The van der Waals surface area contributed by atoms with Crippen LogP contribution in [0.5, 0.6) is 0 Å². The van der Waals surface area contributed by atoms with E-state index in [1.807, 2.05) is 31.2 Å². The number of benzene rings is 1. The summed E-state index contributed by atoms with van der Waals surface area (Å²) in [6.45, 7) is 1.90. The van der Waals surface area contributed by atoms with E-state index in [0.717, 1.165) is 11.1 Å². The molecule has 1 atom stereocenters. The molecule has 1 aliphatic heterocycles. The van der Waals surface area contributed by atoms with Crippen molar-refractivity contribution in [2.45, 2.75) is 26.1 Å². The average Bonchev–Trinajstić information content (AvgIpc) is 2.73. The van der Waals surface area contributed by atoms with Crippen molar-refractivity contribution in [3.05, 3.63) is 35.4 Å². The third-order valence-electron chi connectivity index (χ3n) is 3.79. The molecule has 0 radical (unpaired) electrons. The minimum Gasteiger partial charge on any atom is -0.481 e. The standard InChI is InChI=1S/C14H16F3NO2/c1-10-3-2-4-11(7-10)8-18-6-5-13(9-18,12(19)20)14(15,16)17/h2-4,7H,5-6,8-9H2,1H3,(H,19,20). The van der Waals surface area contributed by atoms with Crippen molar-refractivity contribution in [1.29, 1.82) is 0 Å². The van der Waals surface area contributed by atoms with E-state index in [4.69, 9.17) is 5.11 Å². The Morgan fingerprint density at radius 2 is 2.15 bits per heavy atom. The second kappa shape index (κ2) is 5.09. The van der Waals surface area contributed by atoms with Crippen LogP contribution in [0.2, 0.25) is 0 Å². The first-order chi connectivity index (χ1) is 9.24. The normalized spacial score (nSPS) is 24.0. The van der Waals surface area contributed by atoms with Crippen molar-refractivity contribution in [3.8, 4) is 0 Å². The van der Waals surface area contributed by atoms with Gasteiger partial charge in [0.25, 0.3) is 0 Å². The Morgan fingerprint density at radius 3 is 2.65 bits per heavy atom. The third-order valence-corrected chi connectivity index (χ3v) is 3.79. The number of nitrogens with zero attached hydrogens (tertiary/aromatic N) is 1. The monoisotopic (exact) mass is 287 g/mol. The van der Waals surface area contributed by atoms with Gasteiger partial charge in [-0.3, -0.25) is 9.69 Å². The first-order valence-electron chi connectivity index (χ1n) is 6.33. The molecule has 1 fully saturated rings. The van der Waals surface area contributed by atoms with Gasteiger partial charge in [0.05, 0.1) is 0 Å². The van der Waals surface area contributed by atoms with Gasteiger partial charge in [-0.05, 0) is 18.9 Å². The number of carboxylic acids is 1. The highest BCUT2D eigenvalue weighted by molar-refractivity contribution is 5.76. The van der Waals surface area contributed by atoms with Crippen molar-refractivity contribution < 1.29 is 23.1 Å². The van der Waals surface area contributed by atoms with Gasteiger partial charge < -0.3 is 5.11 Å². The number of aliphatic carboxylic acids is 1. The van der Waals surface area contributed by atoms with Crippen LogP contribution in [0.3, 0.4) is 0 Å². The van der Waals surface area contributed by atoms with Gasteiger partial charge in [0.15, 0.2) is 5.41 Å². The van der Waals surface area contributed by atoms with Gasteiger partial charge in [-0.2, -0.15) is 13.2 Å². The molecule has 1 aliphatic rings. The summed E-state index contributed by atoms with van der Waals surface area (Å²) in [5.41, 5.74) is -0.702. The number of rotatable bonds is 3. The minimum atomic E-state index is -4.72. The molecule has 1 saturated heterocycles.